The van der Waals surface area contributed by atoms with Crippen molar-refractivity contribution in [1.29, 1.82) is 0 Å². The molecule has 14 nitrogen and oxygen atoms in total. The minimum absolute atomic E-state index is 0. The summed E-state index contributed by atoms with van der Waals surface area (Å²) in [7, 11) is 24.2. The predicted octanol–water partition coefficient (Wildman–Crippen LogP) is 19.5. The summed E-state index contributed by atoms with van der Waals surface area (Å²) in [6.45, 7) is 31.5. The molecule has 10 unspecified atom stereocenters. The van der Waals surface area contributed by atoms with Crippen LogP contribution < -0.4 is 0 Å². The number of halogens is 3. The molecule has 0 aromatic heterocycles. The zero-order chi connectivity index (χ0) is 73.6. The lowest BCUT2D eigenvalue weighted by molar-refractivity contribution is -0.0730. The predicted molar refractivity (Wildman–Crippen MR) is 427 cm³/mol. The Morgan fingerprint density at radius 3 is 1.04 bits per heavy atom. The molecule has 612 valence electrons. The fraction of sp³-hybridized carbons (Fsp3) is 1.00. The second-order valence-corrected chi connectivity index (χ2v) is 32.3. The monoisotopic (exact) mass is 1460 g/mol. The van der Waals surface area contributed by atoms with Crippen molar-refractivity contribution in [1.82, 2.24) is 24.5 Å². The van der Waals surface area contributed by atoms with Crippen molar-refractivity contribution >= 4 is 0 Å². The summed E-state index contributed by atoms with van der Waals surface area (Å²) in [6.07, 6.45) is 35.9. The minimum atomic E-state index is -0.882. The normalized spacial score (nSPS) is 33.1. The molecule has 10 atom stereocenters. The lowest BCUT2D eigenvalue weighted by Crippen LogP contribution is -2.46. The number of likely N-dealkylation sites (N-methyl/N-ethyl adjacent to an activating group) is 1. The first-order valence-electron chi connectivity index (χ1n) is 40.1. The Labute approximate surface area is 626 Å². The zero-order valence-corrected chi connectivity index (χ0v) is 68.4. The van der Waals surface area contributed by atoms with Gasteiger partial charge in [0.1, 0.15) is 17.5 Å². The summed E-state index contributed by atoms with van der Waals surface area (Å²) in [5, 5.41) is 0. The number of hydrogen-bond donors (Lipinski definition) is 0. The van der Waals surface area contributed by atoms with E-state index >= 15 is 0 Å². The van der Waals surface area contributed by atoms with Crippen LogP contribution >= 0.6 is 0 Å². The Morgan fingerprint density at radius 2 is 0.703 bits per heavy atom. The van der Waals surface area contributed by atoms with Gasteiger partial charge in [0.05, 0.1) is 56.4 Å². The second kappa shape index (κ2) is 61.1. The molecule has 10 rings (SSSR count). The standard InChI is InChI=1S/C9H18FN.C9H17F.C9H19NO.C9H18O.C8H17NO2.C8H16O2.C8H16.C7H14FNO.C7H15NO.C7H14O.3CH4/c1-9(10)6-4-8(5-7-9)11(2)3;1-3-8-4-6-9(2,10)7-5-8;1-7-5-9(10(3)4)6-8(2)11-7;1-4-9-5-7(2)10-8(3)6-9;1-9(2)7-4-5-11-6-8(7)10-3;1-3-7-4-5-10-6-8(7)9-2;1-2-8-6-4-3-5-7-8;1-9(2)7-3-4-10-5-6(7)8;1-8(2)7-3-5-9-6-4-7;1-2-7-3-5-8-6-4-7;;;/h8H,4-7H2,1-3H3;8H,3-7H2,1-2H3;7-9H,5-6H2,1-4H3;7-9H,4-6H2,1-3H3;7-8H,4-6H2,1-3H3;7-8H,3-6H2,1-2H3;8H,2-7H2,1H3;6-7H,3-5H2,1-2H3;7H,3-6H2,1-2H3;7H,2-6H2,1H3;3*1H4. The van der Waals surface area contributed by atoms with Crippen LogP contribution in [-0.2, 0) is 42.6 Å². The van der Waals surface area contributed by atoms with E-state index in [2.05, 4.69) is 138 Å². The van der Waals surface area contributed by atoms with Crippen LogP contribution in [0.1, 0.15) is 285 Å². The number of alkyl halides is 3. The van der Waals surface area contributed by atoms with Crippen molar-refractivity contribution in [3.05, 3.63) is 0 Å². The van der Waals surface area contributed by atoms with Crippen LogP contribution in [0, 0.1) is 29.6 Å². The maximum Gasteiger partial charge on any atom is 0.139 e. The number of methoxy groups -OCH3 is 2. The highest BCUT2D eigenvalue weighted by Crippen LogP contribution is 2.36. The Bertz CT molecular complexity index is 1740. The maximum absolute atomic E-state index is 13.3. The summed E-state index contributed by atoms with van der Waals surface area (Å²) in [6, 6.07) is 2.67. The van der Waals surface area contributed by atoms with Gasteiger partial charge in [-0.2, -0.15) is 0 Å². The Kier molecular flexibility index (Phi) is 63.1. The van der Waals surface area contributed by atoms with E-state index in [1.165, 1.54) is 116 Å². The van der Waals surface area contributed by atoms with Crippen LogP contribution in [0.4, 0.5) is 13.2 Å². The molecule has 3 saturated carbocycles. The van der Waals surface area contributed by atoms with E-state index in [1.807, 2.05) is 19.0 Å². The fourth-order valence-electron chi connectivity index (χ4n) is 15.3. The molecule has 0 bridgehead atoms. The summed E-state index contributed by atoms with van der Waals surface area (Å²) in [5.74, 6) is 4.49. The summed E-state index contributed by atoms with van der Waals surface area (Å²) >= 11 is 0. The number of hydrogen-bond acceptors (Lipinski definition) is 14. The highest BCUT2D eigenvalue weighted by atomic mass is 19.1. The Morgan fingerprint density at radius 1 is 0.356 bits per heavy atom. The highest BCUT2D eigenvalue weighted by Gasteiger charge is 2.33. The molecular formula is C84H176F3N5O9. The fourth-order valence-corrected chi connectivity index (χ4v) is 15.3. The molecule has 0 aromatic carbocycles. The third kappa shape index (κ3) is 49.1. The number of ether oxygens (including phenoxy) is 9. The van der Waals surface area contributed by atoms with Crippen LogP contribution in [0.25, 0.3) is 0 Å². The molecule has 3 aliphatic carbocycles. The molecule has 10 aliphatic rings. The summed E-state index contributed by atoms with van der Waals surface area (Å²) < 4.78 is 87.2. The van der Waals surface area contributed by atoms with E-state index < -0.39 is 17.5 Å². The van der Waals surface area contributed by atoms with Gasteiger partial charge in [0.25, 0.3) is 0 Å². The van der Waals surface area contributed by atoms with Gasteiger partial charge < -0.3 is 67.1 Å². The third-order valence-electron chi connectivity index (χ3n) is 22.8. The molecule has 7 saturated heterocycles. The molecule has 101 heavy (non-hydrogen) atoms. The van der Waals surface area contributed by atoms with Crippen molar-refractivity contribution < 1.29 is 55.8 Å². The number of rotatable bonds is 12. The third-order valence-corrected chi connectivity index (χ3v) is 22.8. The molecule has 0 N–H and O–H groups in total. The lowest BCUT2D eigenvalue weighted by Gasteiger charge is -2.35. The number of nitrogens with zero attached hydrogens (tertiary/aromatic N) is 5. The lowest BCUT2D eigenvalue weighted by atomic mass is 9.80. The molecule has 0 spiro atoms. The van der Waals surface area contributed by atoms with Crippen molar-refractivity contribution in [2.24, 2.45) is 29.6 Å². The Balaban J connectivity index is -0.00000105. The Hall–Kier alpha value is -0.770. The minimum Gasteiger partial charge on any atom is -0.381 e. The van der Waals surface area contributed by atoms with E-state index in [4.69, 9.17) is 42.6 Å². The first kappa shape index (κ1) is 104. The van der Waals surface area contributed by atoms with Crippen molar-refractivity contribution in [3.8, 4) is 0 Å². The van der Waals surface area contributed by atoms with Crippen molar-refractivity contribution in [3.63, 3.8) is 0 Å². The average Bonchev–Trinajstić information content (AvgIpc) is 0.892. The molecule has 0 radical (unpaired) electrons. The molecule has 7 aliphatic heterocycles. The van der Waals surface area contributed by atoms with Crippen LogP contribution in [-0.4, -0.2) is 260 Å². The molecule has 17 heteroatoms. The van der Waals surface area contributed by atoms with E-state index in [0.717, 1.165) is 159 Å². The maximum atomic E-state index is 13.3. The van der Waals surface area contributed by atoms with Gasteiger partial charge in [-0.15, -0.1) is 0 Å². The second-order valence-electron chi connectivity index (χ2n) is 32.3. The highest BCUT2D eigenvalue weighted by molar-refractivity contribution is 4.86. The van der Waals surface area contributed by atoms with E-state index in [0.29, 0.717) is 55.3 Å². The molecule has 0 amide bonds. The molecular weight excluding hydrogens is 1280 g/mol. The SMILES string of the molecule is C.C.C.CC1CC(N(C)C)CC(C)O1.CCC1CC(C)OC(C)C1.CCC1CCC(C)(F)CC1.CCC1CCCCC1.CCC1CCOCC1.CCC1CCOCC1OC.CN(C)C1CCC(C)(F)CC1.CN(C)C1CCOCC1.CN(C)C1CCOCC1F.COC1COCCC1N(C)C. The molecule has 10 fully saturated rings. The first-order valence-corrected chi connectivity index (χ1v) is 40.1. The van der Waals surface area contributed by atoms with Gasteiger partial charge in [0.2, 0.25) is 0 Å². The average molecular weight is 1460 g/mol. The van der Waals surface area contributed by atoms with Crippen LogP contribution in [0.15, 0.2) is 0 Å². The van der Waals surface area contributed by atoms with Gasteiger partial charge in [-0.1, -0.05) is 121 Å². The van der Waals surface area contributed by atoms with E-state index in [-0.39, 0.29) is 41.0 Å². The largest absolute Gasteiger partial charge is 0.381 e. The smallest absolute Gasteiger partial charge is 0.139 e. The van der Waals surface area contributed by atoms with Crippen LogP contribution in [0.5, 0.6) is 0 Å². The van der Waals surface area contributed by atoms with Gasteiger partial charge in [0, 0.05) is 90.7 Å². The van der Waals surface area contributed by atoms with E-state index in [1.54, 1.807) is 28.1 Å². The van der Waals surface area contributed by atoms with Crippen LogP contribution in [0.2, 0.25) is 0 Å². The van der Waals surface area contributed by atoms with Gasteiger partial charge in [-0.05, 0) is 264 Å². The van der Waals surface area contributed by atoms with Gasteiger partial charge in [0.15, 0.2) is 0 Å². The quantitative estimate of drug-likeness (QED) is 0.185. The van der Waals surface area contributed by atoms with E-state index in [9.17, 15) is 13.2 Å². The van der Waals surface area contributed by atoms with Crippen LogP contribution in [0.3, 0.4) is 0 Å². The van der Waals surface area contributed by atoms with Gasteiger partial charge in [-0.25, -0.2) is 13.2 Å². The topological polar surface area (TPSA) is 99.3 Å². The molecule has 0 aromatic rings. The van der Waals surface area contributed by atoms with Gasteiger partial charge in [-0.3, -0.25) is 0 Å². The molecule has 7 heterocycles. The first-order chi connectivity index (χ1) is 46.5. The summed E-state index contributed by atoms with van der Waals surface area (Å²) in [4.78, 5) is 10.9. The van der Waals surface area contributed by atoms with Crippen molar-refractivity contribution in [2.75, 3.05) is 151 Å². The van der Waals surface area contributed by atoms with Crippen molar-refractivity contribution in [2.45, 2.75) is 369 Å². The van der Waals surface area contributed by atoms with Gasteiger partial charge >= 0.3 is 0 Å². The summed E-state index contributed by atoms with van der Waals surface area (Å²) in [5.41, 5.74) is -1.72. The zero-order valence-electron chi connectivity index (χ0n) is 68.4.